The van der Waals surface area contributed by atoms with Crippen molar-refractivity contribution in [2.75, 3.05) is 14.1 Å². The number of hydrogen-bond acceptors (Lipinski definition) is 3. The number of carbonyl (C=O) groups is 2. The molecule has 0 bridgehead atoms. The van der Waals surface area contributed by atoms with E-state index < -0.39 is 6.17 Å². The molecule has 0 aromatic carbocycles. The van der Waals surface area contributed by atoms with Gasteiger partial charge in [-0.15, -0.1) is 0 Å². The molecule has 0 aromatic heterocycles. The molecule has 1 aliphatic rings. The highest BCUT2D eigenvalue weighted by Crippen LogP contribution is 2.09. The highest BCUT2D eigenvalue weighted by molar-refractivity contribution is 5.96. The molecular weight excluding hydrogens is 146 g/mol. The molecule has 62 valence electrons. The first kappa shape index (κ1) is 8.00. The van der Waals surface area contributed by atoms with Crippen LogP contribution in [0.2, 0.25) is 0 Å². The van der Waals surface area contributed by atoms with Crippen LogP contribution >= 0.6 is 0 Å². The van der Waals surface area contributed by atoms with Gasteiger partial charge < -0.3 is 10.6 Å². The third-order valence-electron chi connectivity index (χ3n) is 1.84. The van der Waals surface area contributed by atoms with Gasteiger partial charge in [0.25, 0.3) is 0 Å². The Hall–Kier alpha value is -1.10. The van der Waals surface area contributed by atoms with Crippen molar-refractivity contribution in [3.8, 4) is 0 Å². The molecule has 1 saturated heterocycles. The summed E-state index contributed by atoms with van der Waals surface area (Å²) in [5.74, 6) is -0.222. The Morgan fingerprint density at radius 1 is 1.45 bits per heavy atom. The topological polar surface area (TPSA) is 66.6 Å². The lowest BCUT2D eigenvalue weighted by Crippen LogP contribution is -2.56. The molecule has 1 unspecified atom stereocenters. The zero-order valence-electron chi connectivity index (χ0n) is 6.57. The zero-order valence-corrected chi connectivity index (χ0v) is 6.57. The molecular formula is C6H11N3O2. The highest BCUT2D eigenvalue weighted by atomic mass is 16.2. The fourth-order valence-corrected chi connectivity index (χ4v) is 0.938. The van der Waals surface area contributed by atoms with Gasteiger partial charge in [-0.1, -0.05) is 0 Å². The lowest BCUT2D eigenvalue weighted by atomic mass is 10.2. The number of nitrogens with zero attached hydrogens (tertiary/aromatic N) is 2. The first-order valence-electron chi connectivity index (χ1n) is 3.33. The Kier molecular flexibility index (Phi) is 1.82. The van der Waals surface area contributed by atoms with Crippen molar-refractivity contribution < 1.29 is 9.59 Å². The summed E-state index contributed by atoms with van der Waals surface area (Å²) in [5.41, 5.74) is 5.48. The Bertz CT molecular complexity index is 204. The summed E-state index contributed by atoms with van der Waals surface area (Å²) >= 11 is 0. The first-order chi connectivity index (χ1) is 5.04. The van der Waals surface area contributed by atoms with E-state index in [9.17, 15) is 9.59 Å². The summed E-state index contributed by atoms with van der Waals surface area (Å²) in [6, 6.07) is -0.339. The number of rotatable bonds is 0. The fourth-order valence-electron chi connectivity index (χ4n) is 0.938. The average Bonchev–Trinajstić information content (AvgIpc) is 1.97. The van der Waals surface area contributed by atoms with Crippen LogP contribution < -0.4 is 5.73 Å². The quantitative estimate of drug-likeness (QED) is 0.500. The minimum Gasteiger partial charge on any atom is -0.312 e. The van der Waals surface area contributed by atoms with E-state index >= 15 is 0 Å². The van der Waals surface area contributed by atoms with Crippen LogP contribution in [0, 0.1) is 0 Å². The molecule has 0 saturated carbocycles. The number of imide groups is 1. The largest absolute Gasteiger partial charge is 0.327 e. The van der Waals surface area contributed by atoms with Crippen molar-refractivity contribution in [3.63, 3.8) is 0 Å². The van der Waals surface area contributed by atoms with E-state index in [1.54, 1.807) is 7.05 Å². The van der Waals surface area contributed by atoms with E-state index in [0.717, 1.165) is 4.90 Å². The Labute approximate surface area is 64.7 Å². The molecule has 1 heterocycles. The van der Waals surface area contributed by atoms with Crippen molar-refractivity contribution in [2.24, 2.45) is 5.73 Å². The van der Waals surface area contributed by atoms with Crippen molar-refractivity contribution in [3.05, 3.63) is 0 Å². The van der Waals surface area contributed by atoms with E-state index in [-0.39, 0.29) is 18.4 Å². The van der Waals surface area contributed by atoms with Gasteiger partial charge in [0.2, 0.25) is 5.91 Å². The molecule has 11 heavy (non-hydrogen) atoms. The minimum atomic E-state index is -0.466. The van der Waals surface area contributed by atoms with Gasteiger partial charge in [-0.25, -0.2) is 4.79 Å². The molecule has 0 radical (unpaired) electrons. The maximum Gasteiger partial charge on any atom is 0.327 e. The smallest absolute Gasteiger partial charge is 0.312 e. The fraction of sp³-hybridized carbons (Fsp3) is 0.667. The van der Waals surface area contributed by atoms with E-state index in [4.69, 9.17) is 5.73 Å². The molecule has 1 atom stereocenters. The monoisotopic (exact) mass is 157 g/mol. The van der Waals surface area contributed by atoms with Gasteiger partial charge in [0.15, 0.2) is 0 Å². The zero-order chi connectivity index (χ0) is 8.59. The average molecular weight is 157 g/mol. The predicted octanol–water partition coefficient (Wildman–Crippen LogP) is -0.815. The summed E-state index contributed by atoms with van der Waals surface area (Å²) in [4.78, 5) is 24.5. The van der Waals surface area contributed by atoms with Crippen LogP contribution in [0.4, 0.5) is 4.79 Å². The Morgan fingerprint density at radius 3 is 2.55 bits per heavy atom. The van der Waals surface area contributed by atoms with Crippen molar-refractivity contribution >= 4 is 11.9 Å². The Balaban J connectivity index is 2.79. The summed E-state index contributed by atoms with van der Waals surface area (Å²) in [6.07, 6.45) is -0.259. The molecule has 3 amide bonds. The van der Waals surface area contributed by atoms with E-state index in [1.807, 2.05) is 0 Å². The minimum absolute atomic E-state index is 0.207. The van der Waals surface area contributed by atoms with Gasteiger partial charge in [-0.3, -0.25) is 9.69 Å². The third-order valence-corrected chi connectivity index (χ3v) is 1.84. The third kappa shape index (κ3) is 1.19. The molecule has 2 N–H and O–H groups in total. The second-order valence-corrected chi connectivity index (χ2v) is 2.62. The molecule has 0 aromatic rings. The predicted molar refractivity (Wildman–Crippen MR) is 38.5 cm³/mol. The van der Waals surface area contributed by atoms with Crippen LogP contribution in [0.25, 0.3) is 0 Å². The van der Waals surface area contributed by atoms with Crippen LogP contribution in [0.15, 0.2) is 0 Å². The number of nitrogens with two attached hydrogens (primary N) is 1. The number of carbonyl (C=O) groups excluding carboxylic acids is 2. The molecule has 0 spiro atoms. The van der Waals surface area contributed by atoms with E-state index in [1.165, 1.54) is 11.9 Å². The van der Waals surface area contributed by atoms with Gasteiger partial charge in [-0.05, 0) is 0 Å². The summed E-state index contributed by atoms with van der Waals surface area (Å²) in [6.45, 7) is 0. The number of urea groups is 1. The summed E-state index contributed by atoms with van der Waals surface area (Å²) < 4.78 is 0. The molecule has 1 aliphatic heterocycles. The number of amides is 3. The highest BCUT2D eigenvalue weighted by Gasteiger charge is 2.31. The van der Waals surface area contributed by atoms with Crippen LogP contribution in [0.5, 0.6) is 0 Å². The van der Waals surface area contributed by atoms with Gasteiger partial charge in [0.1, 0.15) is 0 Å². The molecule has 5 heteroatoms. The second-order valence-electron chi connectivity index (χ2n) is 2.62. The van der Waals surface area contributed by atoms with E-state index in [0.29, 0.717) is 0 Å². The second kappa shape index (κ2) is 2.50. The SMILES string of the molecule is CN1C(=O)CC(N)N(C)C1=O. The van der Waals surface area contributed by atoms with Crippen molar-refractivity contribution in [1.82, 2.24) is 9.80 Å². The maximum atomic E-state index is 11.1. The van der Waals surface area contributed by atoms with E-state index in [2.05, 4.69) is 0 Å². The molecule has 1 fully saturated rings. The molecule has 1 rings (SSSR count). The standard InChI is InChI=1S/C6H11N3O2/c1-8-4(7)3-5(10)9(2)6(8)11/h4H,3,7H2,1-2H3. The van der Waals surface area contributed by atoms with Crippen LogP contribution in [0.3, 0.4) is 0 Å². The molecule has 0 aliphatic carbocycles. The van der Waals surface area contributed by atoms with Crippen LogP contribution in [0.1, 0.15) is 6.42 Å². The lowest BCUT2D eigenvalue weighted by Gasteiger charge is -2.33. The van der Waals surface area contributed by atoms with Gasteiger partial charge >= 0.3 is 6.03 Å². The van der Waals surface area contributed by atoms with Crippen LogP contribution in [-0.4, -0.2) is 42.0 Å². The van der Waals surface area contributed by atoms with Crippen molar-refractivity contribution in [2.45, 2.75) is 12.6 Å². The van der Waals surface area contributed by atoms with Gasteiger partial charge in [-0.2, -0.15) is 0 Å². The lowest BCUT2D eigenvalue weighted by molar-refractivity contribution is -0.131. The maximum absolute atomic E-state index is 11.1. The molecule has 5 nitrogen and oxygen atoms in total. The summed E-state index contributed by atoms with van der Waals surface area (Å²) in [7, 11) is 3.03. The first-order valence-corrected chi connectivity index (χ1v) is 3.33. The van der Waals surface area contributed by atoms with Gasteiger partial charge in [0.05, 0.1) is 12.6 Å². The normalized spacial score (nSPS) is 26.3. The van der Waals surface area contributed by atoms with Gasteiger partial charge in [0, 0.05) is 14.1 Å². The van der Waals surface area contributed by atoms with Crippen molar-refractivity contribution in [1.29, 1.82) is 0 Å². The number of hydrogen-bond donors (Lipinski definition) is 1. The Morgan fingerprint density at radius 2 is 2.00 bits per heavy atom. The van der Waals surface area contributed by atoms with Crippen LogP contribution in [-0.2, 0) is 4.79 Å². The summed E-state index contributed by atoms with van der Waals surface area (Å²) in [5, 5.41) is 0.